The van der Waals surface area contributed by atoms with Crippen LogP contribution in [0, 0.1) is 5.92 Å². The smallest absolute Gasteiger partial charge is 0.248 e. The molecule has 20 heavy (non-hydrogen) atoms. The van der Waals surface area contributed by atoms with E-state index in [0.29, 0.717) is 12.1 Å². The fraction of sp³-hybridized carbons (Fsp3) is 0.429. The van der Waals surface area contributed by atoms with Crippen LogP contribution >= 0.6 is 24.0 Å². The number of benzene rings is 1. The Labute approximate surface area is 136 Å². The highest BCUT2D eigenvalue weighted by atomic mass is 127. The van der Waals surface area contributed by atoms with Gasteiger partial charge in [0.25, 0.3) is 0 Å². The van der Waals surface area contributed by atoms with Crippen molar-refractivity contribution in [2.45, 2.75) is 19.4 Å². The van der Waals surface area contributed by atoms with E-state index in [2.05, 4.69) is 15.6 Å². The zero-order chi connectivity index (χ0) is 13.7. The van der Waals surface area contributed by atoms with Crippen molar-refractivity contribution in [3.8, 4) is 0 Å². The third-order valence-corrected chi connectivity index (χ3v) is 3.15. The molecule has 1 aromatic carbocycles. The molecule has 1 saturated carbocycles. The number of primary amides is 1. The first-order chi connectivity index (χ1) is 9.19. The maximum absolute atomic E-state index is 11.1. The topological polar surface area (TPSA) is 79.5 Å². The third kappa shape index (κ3) is 5.36. The number of nitrogens with one attached hydrogen (secondary N) is 2. The van der Waals surface area contributed by atoms with Gasteiger partial charge in [0.2, 0.25) is 5.91 Å². The minimum Gasteiger partial charge on any atom is -0.366 e. The molecule has 0 radical (unpaired) electrons. The second kappa shape index (κ2) is 8.08. The van der Waals surface area contributed by atoms with Crippen LogP contribution in [0.15, 0.2) is 29.3 Å². The molecule has 0 bridgehead atoms. The van der Waals surface area contributed by atoms with Crippen molar-refractivity contribution >= 4 is 35.8 Å². The minimum absolute atomic E-state index is 0. The lowest BCUT2D eigenvalue weighted by molar-refractivity contribution is 0.1000. The Morgan fingerprint density at radius 3 is 2.75 bits per heavy atom. The number of aliphatic imine (C=N–C) groups is 1. The Morgan fingerprint density at radius 1 is 1.40 bits per heavy atom. The summed E-state index contributed by atoms with van der Waals surface area (Å²) in [4.78, 5) is 15.3. The van der Waals surface area contributed by atoms with E-state index in [1.54, 1.807) is 19.2 Å². The van der Waals surface area contributed by atoms with Crippen molar-refractivity contribution in [3.63, 3.8) is 0 Å². The van der Waals surface area contributed by atoms with Gasteiger partial charge < -0.3 is 16.4 Å². The van der Waals surface area contributed by atoms with Crippen LogP contribution in [0.5, 0.6) is 0 Å². The normalized spacial score (nSPS) is 14.3. The number of hydrogen-bond donors (Lipinski definition) is 3. The summed E-state index contributed by atoms with van der Waals surface area (Å²) in [6, 6.07) is 7.29. The second-order valence-corrected chi connectivity index (χ2v) is 4.81. The van der Waals surface area contributed by atoms with E-state index in [1.807, 2.05) is 12.1 Å². The SMILES string of the molecule is CN=C(NCc1cccc(C(N)=O)c1)NCC1CC1.I. The first-order valence-electron chi connectivity index (χ1n) is 6.52. The molecule has 0 spiro atoms. The fourth-order valence-electron chi connectivity index (χ4n) is 1.80. The number of amides is 1. The highest BCUT2D eigenvalue weighted by molar-refractivity contribution is 14.0. The summed E-state index contributed by atoms with van der Waals surface area (Å²) in [5.41, 5.74) is 6.79. The molecule has 2 rings (SSSR count). The van der Waals surface area contributed by atoms with Gasteiger partial charge in [-0.1, -0.05) is 12.1 Å². The van der Waals surface area contributed by atoms with Gasteiger partial charge in [0.05, 0.1) is 0 Å². The zero-order valence-electron chi connectivity index (χ0n) is 11.6. The summed E-state index contributed by atoms with van der Waals surface area (Å²) in [7, 11) is 1.75. The molecule has 0 unspecified atom stereocenters. The standard InChI is InChI=1S/C14H20N4O.HI/c1-16-14(17-8-10-5-6-10)18-9-11-3-2-4-12(7-11)13(15)19;/h2-4,7,10H,5-6,8-9H2,1H3,(H2,15,19)(H2,16,17,18);1H. The molecule has 0 aromatic heterocycles. The second-order valence-electron chi connectivity index (χ2n) is 4.81. The van der Waals surface area contributed by atoms with Gasteiger partial charge in [-0.25, -0.2) is 0 Å². The molecular weight excluding hydrogens is 367 g/mol. The van der Waals surface area contributed by atoms with Gasteiger partial charge >= 0.3 is 0 Å². The molecule has 5 nitrogen and oxygen atoms in total. The number of carbonyl (C=O) groups is 1. The molecule has 1 aromatic rings. The molecule has 6 heteroatoms. The number of halogens is 1. The summed E-state index contributed by atoms with van der Waals surface area (Å²) < 4.78 is 0. The molecule has 1 amide bonds. The van der Waals surface area contributed by atoms with E-state index in [4.69, 9.17) is 5.73 Å². The van der Waals surface area contributed by atoms with Crippen LogP contribution in [0.2, 0.25) is 0 Å². The lowest BCUT2D eigenvalue weighted by atomic mass is 10.1. The first-order valence-corrected chi connectivity index (χ1v) is 6.52. The van der Waals surface area contributed by atoms with Gasteiger partial charge in [-0.2, -0.15) is 0 Å². The number of rotatable bonds is 5. The Bertz CT molecular complexity index is 486. The van der Waals surface area contributed by atoms with Crippen molar-refractivity contribution in [3.05, 3.63) is 35.4 Å². The minimum atomic E-state index is -0.405. The Morgan fingerprint density at radius 2 is 2.15 bits per heavy atom. The Balaban J connectivity index is 0.00000200. The molecule has 1 aliphatic rings. The van der Waals surface area contributed by atoms with Crippen molar-refractivity contribution in [1.82, 2.24) is 10.6 Å². The molecule has 4 N–H and O–H groups in total. The number of nitrogens with zero attached hydrogens (tertiary/aromatic N) is 1. The van der Waals surface area contributed by atoms with Crippen molar-refractivity contribution < 1.29 is 4.79 Å². The van der Waals surface area contributed by atoms with Gasteiger partial charge in [-0.15, -0.1) is 24.0 Å². The zero-order valence-corrected chi connectivity index (χ0v) is 13.9. The third-order valence-electron chi connectivity index (χ3n) is 3.15. The van der Waals surface area contributed by atoms with E-state index >= 15 is 0 Å². The lowest BCUT2D eigenvalue weighted by Crippen LogP contribution is -2.37. The Hall–Kier alpha value is -1.31. The molecule has 0 saturated heterocycles. The number of guanidine groups is 1. The summed E-state index contributed by atoms with van der Waals surface area (Å²) in [6.45, 7) is 1.59. The summed E-state index contributed by atoms with van der Waals surface area (Å²) in [5, 5.41) is 6.51. The van der Waals surface area contributed by atoms with E-state index in [0.717, 1.165) is 24.0 Å². The maximum Gasteiger partial charge on any atom is 0.248 e. The first kappa shape index (κ1) is 16.7. The lowest BCUT2D eigenvalue weighted by Gasteiger charge is -2.11. The highest BCUT2D eigenvalue weighted by Crippen LogP contribution is 2.27. The summed E-state index contributed by atoms with van der Waals surface area (Å²) in [5.74, 6) is 1.19. The van der Waals surface area contributed by atoms with Crippen LogP contribution in [0.1, 0.15) is 28.8 Å². The van der Waals surface area contributed by atoms with E-state index in [9.17, 15) is 4.79 Å². The molecule has 0 heterocycles. The number of carbonyl (C=O) groups excluding carboxylic acids is 1. The van der Waals surface area contributed by atoms with E-state index in [1.165, 1.54) is 12.8 Å². The van der Waals surface area contributed by atoms with Crippen LogP contribution in [0.25, 0.3) is 0 Å². The predicted molar refractivity (Wildman–Crippen MR) is 91.3 cm³/mol. The molecule has 1 aliphatic carbocycles. The average molecular weight is 388 g/mol. The molecule has 0 aliphatic heterocycles. The highest BCUT2D eigenvalue weighted by Gasteiger charge is 2.20. The quantitative estimate of drug-likeness (QED) is 0.406. The number of hydrogen-bond acceptors (Lipinski definition) is 2. The molecule has 0 atom stereocenters. The van der Waals surface area contributed by atoms with Crippen LogP contribution in [0.3, 0.4) is 0 Å². The van der Waals surface area contributed by atoms with Crippen molar-refractivity contribution in [2.24, 2.45) is 16.6 Å². The van der Waals surface area contributed by atoms with Crippen molar-refractivity contribution in [1.29, 1.82) is 0 Å². The van der Waals surface area contributed by atoms with E-state index < -0.39 is 5.91 Å². The molecule has 1 fully saturated rings. The number of nitrogens with two attached hydrogens (primary N) is 1. The van der Waals surface area contributed by atoms with Gasteiger partial charge in [0, 0.05) is 25.7 Å². The van der Waals surface area contributed by atoms with Gasteiger partial charge in [-0.05, 0) is 36.5 Å². The molecular formula is C14H21IN4O. The van der Waals surface area contributed by atoms with Gasteiger partial charge in [-0.3, -0.25) is 9.79 Å². The maximum atomic E-state index is 11.1. The Kier molecular flexibility index (Phi) is 6.77. The largest absolute Gasteiger partial charge is 0.366 e. The van der Waals surface area contributed by atoms with Crippen LogP contribution in [0.4, 0.5) is 0 Å². The predicted octanol–water partition coefficient (Wildman–Crippen LogP) is 1.48. The van der Waals surface area contributed by atoms with Crippen LogP contribution in [-0.2, 0) is 6.54 Å². The van der Waals surface area contributed by atoms with Crippen LogP contribution in [-0.4, -0.2) is 25.5 Å². The monoisotopic (exact) mass is 388 g/mol. The van der Waals surface area contributed by atoms with Gasteiger partial charge in [0.15, 0.2) is 5.96 Å². The van der Waals surface area contributed by atoms with Crippen LogP contribution < -0.4 is 16.4 Å². The van der Waals surface area contributed by atoms with Gasteiger partial charge in [0.1, 0.15) is 0 Å². The van der Waals surface area contributed by atoms with E-state index in [-0.39, 0.29) is 24.0 Å². The fourth-order valence-corrected chi connectivity index (χ4v) is 1.80. The van der Waals surface area contributed by atoms with Crippen molar-refractivity contribution in [2.75, 3.05) is 13.6 Å². The molecule has 110 valence electrons. The average Bonchev–Trinajstić information content (AvgIpc) is 3.23. The summed E-state index contributed by atoms with van der Waals surface area (Å²) in [6.07, 6.45) is 2.62. The summed E-state index contributed by atoms with van der Waals surface area (Å²) >= 11 is 0.